The average molecular weight is 298 g/mol. The van der Waals surface area contributed by atoms with Crippen LogP contribution in [-0.4, -0.2) is 21.1 Å². The zero-order valence-corrected chi connectivity index (χ0v) is 11.8. The Labute approximate surface area is 119 Å². The number of nitrogens with zero attached hydrogens (tertiary/aromatic N) is 2. The Hall–Kier alpha value is -1.53. The van der Waals surface area contributed by atoms with Crippen LogP contribution in [0.5, 0.6) is 0 Å². The van der Waals surface area contributed by atoms with Crippen molar-refractivity contribution in [3.05, 3.63) is 39.3 Å². The molecule has 2 rings (SSSR count). The van der Waals surface area contributed by atoms with Crippen LogP contribution in [0, 0.1) is 0 Å². The zero-order chi connectivity index (χ0) is 13.8. The van der Waals surface area contributed by atoms with E-state index in [0.717, 1.165) is 12.7 Å². The van der Waals surface area contributed by atoms with Crippen molar-refractivity contribution in [2.24, 2.45) is 0 Å². The van der Waals surface area contributed by atoms with Crippen LogP contribution in [0.3, 0.4) is 0 Å². The molecule has 100 valence electrons. The molecule has 0 bridgehead atoms. The summed E-state index contributed by atoms with van der Waals surface area (Å²) < 4.78 is 1.53. The SMILES string of the molecule is CCCn1c(Sc2c(Cl)cccc2C=O)n[nH]c1=O. The van der Waals surface area contributed by atoms with Crippen molar-refractivity contribution < 1.29 is 4.79 Å². The highest BCUT2D eigenvalue weighted by Crippen LogP contribution is 2.33. The van der Waals surface area contributed by atoms with Crippen molar-refractivity contribution in [2.75, 3.05) is 0 Å². The summed E-state index contributed by atoms with van der Waals surface area (Å²) in [6, 6.07) is 5.09. The normalized spacial score (nSPS) is 10.6. The summed E-state index contributed by atoms with van der Waals surface area (Å²) in [5, 5.41) is 7.33. The first-order valence-corrected chi connectivity index (χ1v) is 6.93. The molecule has 0 saturated carbocycles. The number of carbonyl (C=O) groups is 1. The zero-order valence-electron chi connectivity index (χ0n) is 10.2. The molecule has 1 aromatic carbocycles. The molecule has 0 radical (unpaired) electrons. The number of aromatic nitrogens is 3. The molecule has 0 aliphatic rings. The van der Waals surface area contributed by atoms with Crippen molar-refractivity contribution in [3.8, 4) is 0 Å². The summed E-state index contributed by atoms with van der Waals surface area (Å²) in [7, 11) is 0. The fourth-order valence-corrected chi connectivity index (χ4v) is 2.87. The van der Waals surface area contributed by atoms with Gasteiger partial charge in [-0.25, -0.2) is 9.89 Å². The number of nitrogens with one attached hydrogen (secondary N) is 1. The molecule has 0 aliphatic heterocycles. The maximum atomic E-state index is 11.6. The second-order valence-corrected chi connectivity index (χ2v) is 5.23. The molecule has 2 aromatic rings. The highest BCUT2D eigenvalue weighted by molar-refractivity contribution is 7.99. The van der Waals surface area contributed by atoms with Gasteiger partial charge in [0, 0.05) is 17.0 Å². The molecule has 0 amide bonds. The Balaban J connectivity index is 2.42. The number of H-pyrrole nitrogens is 1. The number of hydrogen-bond acceptors (Lipinski definition) is 4. The third kappa shape index (κ3) is 2.90. The summed E-state index contributed by atoms with van der Waals surface area (Å²) in [6.45, 7) is 2.54. The lowest BCUT2D eigenvalue weighted by atomic mass is 10.2. The molecule has 0 spiro atoms. The molecule has 7 heteroatoms. The van der Waals surface area contributed by atoms with Gasteiger partial charge in [0.2, 0.25) is 0 Å². The van der Waals surface area contributed by atoms with E-state index in [9.17, 15) is 9.59 Å². The van der Waals surface area contributed by atoms with E-state index in [4.69, 9.17) is 11.6 Å². The van der Waals surface area contributed by atoms with Gasteiger partial charge in [-0.15, -0.1) is 5.10 Å². The lowest BCUT2D eigenvalue weighted by Crippen LogP contribution is -2.17. The molecule has 1 heterocycles. The number of halogens is 1. The predicted molar refractivity (Wildman–Crippen MR) is 74.1 cm³/mol. The van der Waals surface area contributed by atoms with Gasteiger partial charge in [0.25, 0.3) is 0 Å². The fourth-order valence-electron chi connectivity index (χ4n) is 1.62. The first-order valence-electron chi connectivity index (χ1n) is 5.74. The third-order valence-corrected chi connectivity index (χ3v) is 4.07. The third-order valence-electron chi connectivity index (χ3n) is 2.49. The summed E-state index contributed by atoms with van der Waals surface area (Å²) in [5.41, 5.74) is 0.222. The number of aldehydes is 1. The van der Waals surface area contributed by atoms with E-state index in [1.807, 2.05) is 6.92 Å². The minimum Gasteiger partial charge on any atom is -0.298 e. The standard InChI is InChI=1S/C12H12ClN3O2S/c1-2-6-16-11(18)14-15-12(16)19-10-8(7-17)4-3-5-9(10)13/h3-5,7H,2,6H2,1H3,(H,14,18). The molecular formula is C12H12ClN3O2S. The number of benzene rings is 1. The van der Waals surface area contributed by atoms with E-state index in [1.54, 1.807) is 18.2 Å². The topological polar surface area (TPSA) is 67.8 Å². The van der Waals surface area contributed by atoms with E-state index in [2.05, 4.69) is 10.2 Å². The van der Waals surface area contributed by atoms with Gasteiger partial charge in [-0.3, -0.25) is 9.36 Å². The molecule has 0 unspecified atom stereocenters. The van der Waals surface area contributed by atoms with Crippen molar-refractivity contribution >= 4 is 29.6 Å². The first-order chi connectivity index (χ1) is 9.17. The largest absolute Gasteiger partial charge is 0.343 e. The predicted octanol–water partition coefficient (Wildman–Crippen LogP) is 2.60. The molecule has 0 atom stereocenters. The highest BCUT2D eigenvalue weighted by Gasteiger charge is 2.14. The Bertz CT molecular complexity index is 651. The molecule has 0 aliphatic carbocycles. The van der Waals surface area contributed by atoms with Gasteiger partial charge in [-0.05, 0) is 24.2 Å². The summed E-state index contributed by atoms with van der Waals surface area (Å²) in [5.74, 6) is 0. The average Bonchev–Trinajstić information content (AvgIpc) is 2.74. The van der Waals surface area contributed by atoms with Gasteiger partial charge in [0.05, 0.1) is 5.02 Å². The van der Waals surface area contributed by atoms with E-state index in [1.165, 1.54) is 16.3 Å². The van der Waals surface area contributed by atoms with Gasteiger partial charge >= 0.3 is 5.69 Å². The van der Waals surface area contributed by atoms with Crippen molar-refractivity contribution in [1.82, 2.24) is 14.8 Å². The number of hydrogen-bond donors (Lipinski definition) is 1. The van der Waals surface area contributed by atoms with Crippen LogP contribution in [0.1, 0.15) is 23.7 Å². The molecule has 0 fully saturated rings. The lowest BCUT2D eigenvalue weighted by molar-refractivity contribution is 0.112. The Morgan fingerprint density at radius 2 is 2.32 bits per heavy atom. The number of rotatable bonds is 5. The summed E-state index contributed by atoms with van der Waals surface area (Å²) >= 11 is 7.30. The van der Waals surface area contributed by atoms with E-state index < -0.39 is 0 Å². The van der Waals surface area contributed by atoms with E-state index in [0.29, 0.717) is 27.2 Å². The second-order valence-electron chi connectivity index (χ2n) is 3.84. The Morgan fingerprint density at radius 1 is 1.53 bits per heavy atom. The van der Waals surface area contributed by atoms with Crippen molar-refractivity contribution in [1.29, 1.82) is 0 Å². The number of carbonyl (C=O) groups excluding carboxylic acids is 1. The van der Waals surface area contributed by atoms with Crippen LogP contribution in [0.2, 0.25) is 5.02 Å². The Kier molecular flexibility index (Phi) is 4.44. The minimum absolute atomic E-state index is 0.260. The lowest BCUT2D eigenvalue weighted by Gasteiger charge is -2.07. The van der Waals surface area contributed by atoms with Gasteiger partial charge in [-0.1, -0.05) is 30.7 Å². The number of aromatic amines is 1. The maximum absolute atomic E-state index is 11.6. The minimum atomic E-state index is -0.260. The maximum Gasteiger partial charge on any atom is 0.343 e. The Morgan fingerprint density at radius 3 is 3.00 bits per heavy atom. The van der Waals surface area contributed by atoms with E-state index >= 15 is 0 Å². The van der Waals surface area contributed by atoms with Crippen LogP contribution >= 0.6 is 23.4 Å². The second kappa shape index (κ2) is 6.08. The summed E-state index contributed by atoms with van der Waals surface area (Å²) in [6.07, 6.45) is 1.55. The first kappa shape index (κ1) is 13.9. The molecule has 1 N–H and O–H groups in total. The van der Waals surface area contributed by atoms with Gasteiger partial charge < -0.3 is 0 Å². The fraction of sp³-hybridized carbons (Fsp3) is 0.250. The van der Waals surface area contributed by atoms with Crippen LogP contribution in [0.15, 0.2) is 33.0 Å². The summed E-state index contributed by atoms with van der Waals surface area (Å²) in [4.78, 5) is 23.2. The van der Waals surface area contributed by atoms with Gasteiger partial charge in [0.1, 0.15) is 0 Å². The van der Waals surface area contributed by atoms with Crippen LogP contribution < -0.4 is 5.69 Å². The molecule has 0 saturated heterocycles. The quantitative estimate of drug-likeness (QED) is 0.861. The van der Waals surface area contributed by atoms with Crippen LogP contribution in [0.4, 0.5) is 0 Å². The van der Waals surface area contributed by atoms with Crippen molar-refractivity contribution in [3.63, 3.8) is 0 Å². The molecule has 19 heavy (non-hydrogen) atoms. The highest BCUT2D eigenvalue weighted by atomic mass is 35.5. The van der Waals surface area contributed by atoms with Gasteiger partial charge in [0.15, 0.2) is 11.4 Å². The molecule has 5 nitrogen and oxygen atoms in total. The van der Waals surface area contributed by atoms with E-state index in [-0.39, 0.29) is 5.69 Å². The van der Waals surface area contributed by atoms with Crippen LogP contribution in [0.25, 0.3) is 0 Å². The van der Waals surface area contributed by atoms with Gasteiger partial charge in [-0.2, -0.15) is 0 Å². The van der Waals surface area contributed by atoms with Crippen molar-refractivity contribution in [2.45, 2.75) is 29.9 Å². The monoisotopic (exact) mass is 297 g/mol. The smallest absolute Gasteiger partial charge is 0.298 e. The molecular weight excluding hydrogens is 286 g/mol. The van der Waals surface area contributed by atoms with Crippen LogP contribution in [-0.2, 0) is 6.54 Å². The molecule has 1 aromatic heterocycles.